The molecule has 17 nitrogen and oxygen atoms in total. The number of aromatic nitrogens is 4. The number of phosphoric ester groups is 1. The first-order chi connectivity index (χ1) is 16.9. The second-order valence-electron chi connectivity index (χ2n) is 8.47. The Morgan fingerprint density at radius 1 is 1.14 bits per heavy atom. The van der Waals surface area contributed by atoms with Crippen LogP contribution in [0.1, 0.15) is 33.4 Å². The molecule has 0 saturated carbocycles. The summed E-state index contributed by atoms with van der Waals surface area (Å²) in [5.41, 5.74) is 6.55. The van der Waals surface area contributed by atoms with E-state index in [0.29, 0.717) is 11.2 Å². The topological polar surface area (TPSA) is 248 Å². The Bertz CT molecular complexity index is 1240. The van der Waals surface area contributed by atoms with Crippen molar-refractivity contribution in [2.75, 3.05) is 18.3 Å². The predicted octanol–water partition coefficient (Wildman–Crippen LogP) is 2.56. The van der Waals surface area contributed by atoms with Crippen LogP contribution in [0.2, 0.25) is 0 Å². The zero-order valence-corrected chi connectivity index (χ0v) is 23.9. The molecule has 22 heteroatoms. The molecule has 1 saturated heterocycles. The largest absolute Gasteiger partial charge is 0.490 e. The SMILES string of the molecule is CC(C)(C)SSCOC1C[C@H](n2cnc3c(N)ncnc32)O[C@@H]1COP(=O)(O)OP(=O)(O)OP(=O)(O)O. The van der Waals surface area contributed by atoms with Crippen molar-refractivity contribution in [3.05, 3.63) is 12.7 Å². The van der Waals surface area contributed by atoms with E-state index in [4.69, 9.17) is 29.5 Å². The Kier molecular flexibility index (Phi) is 9.91. The maximum Gasteiger partial charge on any atom is 0.490 e. The number of ether oxygens (including phenoxy) is 2. The van der Waals surface area contributed by atoms with E-state index in [1.165, 1.54) is 23.4 Å². The quantitative estimate of drug-likeness (QED) is 0.0983. The van der Waals surface area contributed by atoms with Gasteiger partial charge in [-0.3, -0.25) is 9.09 Å². The molecule has 0 spiro atoms. The van der Waals surface area contributed by atoms with Crippen LogP contribution in [0.3, 0.4) is 0 Å². The van der Waals surface area contributed by atoms with Gasteiger partial charge in [0.1, 0.15) is 30.1 Å². The minimum absolute atomic E-state index is 0.0329. The number of hydrogen-bond acceptors (Lipinski definition) is 14. The number of nitrogen functional groups attached to an aromatic ring is 1. The lowest BCUT2D eigenvalue weighted by molar-refractivity contribution is -0.0522. The molecule has 1 aliphatic rings. The number of fused-ring (bicyclic) bond motifs is 1. The molecule has 2 aromatic heterocycles. The minimum Gasteiger partial charge on any atom is -0.382 e. The highest BCUT2D eigenvalue weighted by molar-refractivity contribution is 8.77. The van der Waals surface area contributed by atoms with E-state index in [0.717, 1.165) is 0 Å². The molecule has 0 radical (unpaired) electrons. The number of rotatable bonds is 12. The average molecular weight is 625 g/mol. The number of imidazole rings is 1. The predicted molar refractivity (Wildman–Crippen MR) is 133 cm³/mol. The average Bonchev–Trinajstić information content (AvgIpc) is 3.31. The second kappa shape index (κ2) is 11.9. The summed E-state index contributed by atoms with van der Waals surface area (Å²) in [6, 6.07) is 0. The molecule has 0 aromatic carbocycles. The van der Waals surface area contributed by atoms with E-state index in [-0.39, 0.29) is 22.9 Å². The van der Waals surface area contributed by atoms with Crippen LogP contribution in [-0.4, -0.2) is 68.6 Å². The van der Waals surface area contributed by atoms with Crippen LogP contribution in [0, 0.1) is 0 Å². The van der Waals surface area contributed by atoms with Gasteiger partial charge in [0.15, 0.2) is 11.5 Å². The normalized spacial score (nSPS) is 24.2. The van der Waals surface area contributed by atoms with Crippen molar-refractivity contribution in [3.63, 3.8) is 0 Å². The molecule has 3 heterocycles. The fraction of sp³-hybridized carbons (Fsp3) is 0.667. The van der Waals surface area contributed by atoms with Crippen molar-refractivity contribution in [1.29, 1.82) is 0 Å². The Morgan fingerprint density at radius 2 is 1.84 bits per heavy atom. The Morgan fingerprint density at radius 3 is 2.49 bits per heavy atom. The van der Waals surface area contributed by atoms with Crippen molar-refractivity contribution in [2.45, 2.75) is 50.4 Å². The summed E-state index contributed by atoms with van der Waals surface area (Å²) in [7, 11) is -13.5. The van der Waals surface area contributed by atoms with E-state index in [2.05, 4.69) is 23.6 Å². The van der Waals surface area contributed by atoms with E-state index in [1.54, 1.807) is 15.4 Å². The molecule has 0 aliphatic carbocycles. The molecule has 2 aromatic rings. The molecule has 1 aliphatic heterocycles. The van der Waals surface area contributed by atoms with Crippen LogP contribution in [-0.2, 0) is 36.3 Å². The summed E-state index contributed by atoms with van der Waals surface area (Å²) in [5, 5.41) is 0. The van der Waals surface area contributed by atoms with Gasteiger partial charge in [0.05, 0.1) is 19.0 Å². The molecule has 210 valence electrons. The summed E-state index contributed by atoms with van der Waals surface area (Å²) < 4.78 is 60.2. The maximum absolute atomic E-state index is 12.2. The van der Waals surface area contributed by atoms with Crippen LogP contribution < -0.4 is 5.73 Å². The highest BCUT2D eigenvalue weighted by atomic mass is 33.1. The molecule has 1 fully saturated rings. The number of nitrogens with two attached hydrogens (primary N) is 1. The smallest absolute Gasteiger partial charge is 0.382 e. The van der Waals surface area contributed by atoms with Crippen LogP contribution in [0.15, 0.2) is 12.7 Å². The van der Waals surface area contributed by atoms with Crippen LogP contribution in [0.5, 0.6) is 0 Å². The molecule has 6 N–H and O–H groups in total. The first kappa shape index (κ1) is 30.9. The van der Waals surface area contributed by atoms with Gasteiger partial charge in [-0.15, -0.1) is 0 Å². The standard InChI is InChI=1S/C15H26N5O12P3S2/c1-15(2,3)37-36-8-28-9-4-11(20-7-19-12-13(16)17-6-18-14(12)20)30-10(9)5-29-34(24,25)32-35(26,27)31-33(21,22)23/h6-7,9-11H,4-5,8H2,1-3H3,(H,24,25)(H,26,27)(H2,16,17,18)(H2,21,22,23)/t9?,10-,11-/m1/s1. The molecule has 0 bridgehead atoms. The van der Waals surface area contributed by atoms with Crippen LogP contribution >= 0.6 is 45.1 Å². The van der Waals surface area contributed by atoms with Gasteiger partial charge >= 0.3 is 23.5 Å². The van der Waals surface area contributed by atoms with Gasteiger partial charge in [-0.25, -0.2) is 28.6 Å². The lowest BCUT2D eigenvalue weighted by atomic mass is 10.2. The number of anilines is 1. The van der Waals surface area contributed by atoms with Crippen molar-refractivity contribution in [1.82, 2.24) is 19.5 Å². The third-order valence-corrected chi connectivity index (χ3v) is 11.1. The Balaban J connectivity index is 1.71. The molecule has 3 rings (SSSR count). The van der Waals surface area contributed by atoms with Crippen LogP contribution in [0.25, 0.3) is 11.2 Å². The van der Waals surface area contributed by atoms with Gasteiger partial charge in [0.2, 0.25) is 0 Å². The van der Waals surface area contributed by atoms with Crippen LogP contribution in [0.4, 0.5) is 5.82 Å². The second-order valence-corrected chi connectivity index (χ2v) is 16.0. The van der Waals surface area contributed by atoms with Gasteiger partial charge in [0, 0.05) is 11.2 Å². The lowest BCUT2D eigenvalue weighted by Gasteiger charge is -2.22. The Labute approximate surface area is 218 Å². The minimum atomic E-state index is -5.65. The van der Waals surface area contributed by atoms with Gasteiger partial charge < -0.3 is 34.8 Å². The third kappa shape index (κ3) is 9.51. The van der Waals surface area contributed by atoms with Gasteiger partial charge in [-0.2, -0.15) is 8.62 Å². The van der Waals surface area contributed by atoms with Gasteiger partial charge in [0.25, 0.3) is 0 Å². The number of hydrogen-bond donors (Lipinski definition) is 5. The summed E-state index contributed by atoms with van der Waals surface area (Å²) >= 11 is 0. The summed E-state index contributed by atoms with van der Waals surface area (Å²) in [4.78, 5) is 48.7. The highest BCUT2D eigenvalue weighted by Gasteiger charge is 2.43. The van der Waals surface area contributed by atoms with E-state index < -0.39 is 48.5 Å². The lowest BCUT2D eigenvalue weighted by Crippen LogP contribution is -2.29. The number of phosphoric acid groups is 3. The molecule has 5 atom stereocenters. The van der Waals surface area contributed by atoms with Crippen molar-refractivity contribution >= 4 is 62.0 Å². The monoisotopic (exact) mass is 625 g/mol. The summed E-state index contributed by atoms with van der Waals surface area (Å²) in [6.07, 6.45) is 0.562. The summed E-state index contributed by atoms with van der Waals surface area (Å²) in [6.45, 7) is 5.43. The van der Waals surface area contributed by atoms with E-state index in [1.807, 2.05) is 20.8 Å². The van der Waals surface area contributed by atoms with E-state index >= 15 is 0 Å². The van der Waals surface area contributed by atoms with Crippen molar-refractivity contribution in [2.24, 2.45) is 0 Å². The van der Waals surface area contributed by atoms with Crippen molar-refractivity contribution < 1.29 is 55.9 Å². The van der Waals surface area contributed by atoms with Crippen molar-refractivity contribution in [3.8, 4) is 0 Å². The highest BCUT2D eigenvalue weighted by Crippen LogP contribution is 2.66. The van der Waals surface area contributed by atoms with E-state index in [9.17, 15) is 23.5 Å². The molecular formula is C15H26N5O12P3S2. The first-order valence-corrected chi connectivity index (χ1v) is 17.1. The molecular weight excluding hydrogens is 599 g/mol. The third-order valence-electron chi connectivity index (χ3n) is 4.33. The zero-order chi connectivity index (χ0) is 27.6. The summed E-state index contributed by atoms with van der Waals surface area (Å²) in [5.74, 6) is 0.392. The number of nitrogens with zero attached hydrogens (tertiary/aromatic N) is 4. The zero-order valence-electron chi connectivity index (χ0n) is 19.6. The fourth-order valence-corrected chi connectivity index (χ4v) is 8.10. The molecule has 3 unspecified atom stereocenters. The fourth-order valence-electron chi connectivity index (χ4n) is 3.06. The molecule has 0 amide bonds. The first-order valence-electron chi connectivity index (χ1n) is 10.2. The van der Waals surface area contributed by atoms with Gasteiger partial charge in [-0.1, -0.05) is 42.4 Å². The maximum atomic E-state index is 12.2. The molecule has 37 heavy (non-hydrogen) atoms. The van der Waals surface area contributed by atoms with Gasteiger partial charge in [-0.05, 0) is 0 Å². The Hall–Kier alpha value is -0.620.